The van der Waals surface area contributed by atoms with Gasteiger partial charge in [-0.1, -0.05) is 0 Å². The molecule has 2 aromatic heterocycles. The van der Waals surface area contributed by atoms with Crippen molar-refractivity contribution >= 4 is 22.8 Å². The quantitative estimate of drug-likeness (QED) is 0.406. The average Bonchev–Trinajstić information content (AvgIpc) is 3.02. The van der Waals surface area contributed by atoms with Gasteiger partial charge in [-0.3, -0.25) is 15.3 Å². The van der Waals surface area contributed by atoms with Crippen LogP contribution in [0.5, 0.6) is 0 Å². The number of H-pyrrole nitrogens is 1. The summed E-state index contributed by atoms with van der Waals surface area (Å²) in [6, 6.07) is 1.65. The third-order valence-corrected chi connectivity index (χ3v) is 3.22. The third-order valence-electron chi connectivity index (χ3n) is 3.22. The summed E-state index contributed by atoms with van der Waals surface area (Å²) in [5, 5.41) is 7.61. The molecule has 100 valence electrons. The molecule has 1 aliphatic rings. The number of nitrogens with zero attached hydrogens (tertiary/aromatic N) is 3. The first-order valence-corrected chi connectivity index (χ1v) is 5.93. The second-order valence-electron chi connectivity index (χ2n) is 4.47. The van der Waals surface area contributed by atoms with E-state index < -0.39 is 12.1 Å². The number of rotatable bonds is 2. The molecule has 0 aliphatic carbocycles. The largest absolute Gasteiger partial charge is 0.352 e. The lowest BCUT2D eigenvalue weighted by Crippen LogP contribution is -2.30. The third kappa shape index (κ3) is 1.99. The molecular weight excluding hydrogens is 251 g/mol. The standard InChI is InChI=1S/C11H13FN6O/c12-7-1-2-18(5-7)10-8-3-6(11(19)15-13)4-14-9(8)16-17-10/h3-4,7H,1-2,5,13H2,(H,15,19)(H,14,16,17)/t7-/m0/s1. The number of aromatic amines is 1. The molecule has 1 saturated heterocycles. The molecule has 0 bridgehead atoms. The first-order chi connectivity index (χ1) is 9.19. The van der Waals surface area contributed by atoms with Crippen molar-refractivity contribution in [3.8, 4) is 0 Å². The van der Waals surface area contributed by atoms with Gasteiger partial charge in [0.25, 0.3) is 5.91 Å². The number of hydrogen-bond acceptors (Lipinski definition) is 5. The van der Waals surface area contributed by atoms with Crippen LogP contribution in [0.2, 0.25) is 0 Å². The van der Waals surface area contributed by atoms with Crippen LogP contribution in [0.3, 0.4) is 0 Å². The maximum atomic E-state index is 13.3. The maximum absolute atomic E-state index is 13.3. The second kappa shape index (κ2) is 4.47. The smallest absolute Gasteiger partial charge is 0.266 e. The van der Waals surface area contributed by atoms with E-state index in [1.165, 1.54) is 6.20 Å². The van der Waals surface area contributed by atoms with Gasteiger partial charge in [0.1, 0.15) is 6.17 Å². The van der Waals surface area contributed by atoms with Gasteiger partial charge in [0.2, 0.25) is 0 Å². The van der Waals surface area contributed by atoms with Crippen LogP contribution in [-0.4, -0.2) is 40.3 Å². The average molecular weight is 264 g/mol. The summed E-state index contributed by atoms with van der Waals surface area (Å²) in [4.78, 5) is 17.4. The number of nitrogens with two attached hydrogens (primary N) is 1. The Morgan fingerprint density at radius 3 is 3.16 bits per heavy atom. The number of amides is 1. The van der Waals surface area contributed by atoms with Crippen molar-refractivity contribution in [3.63, 3.8) is 0 Å². The molecule has 1 fully saturated rings. The number of carbonyl (C=O) groups excluding carboxylic acids is 1. The Hall–Kier alpha value is -2.22. The van der Waals surface area contributed by atoms with E-state index in [2.05, 4.69) is 20.6 Å². The molecule has 0 aromatic carbocycles. The highest BCUT2D eigenvalue weighted by Gasteiger charge is 2.25. The predicted octanol–water partition coefficient (Wildman–Crippen LogP) is 0.110. The van der Waals surface area contributed by atoms with Gasteiger partial charge in [-0.2, -0.15) is 5.10 Å². The number of alkyl halides is 1. The molecule has 3 rings (SSSR count). The zero-order valence-corrected chi connectivity index (χ0v) is 10.1. The molecule has 0 radical (unpaired) electrons. The number of carbonyl (C=O) groups is 1. The zero-order chi connectivity index (χ0) is 13.4. The van der Waals surface area contributed by atoms with Crippen molar-refractivity contribution in [2.24, 2.45) is 5.84 Å². The molecule has 0 spiro atoms. The van der Waals surface area contributed by atoms with Crippen LogP contribution in [0.4, 0.5) is 10.2 Å². The monoisotopic (exact) mass is 264 g/mol. The van der Waals surface area contributed by atoms with E-state index in [-0.39, 0.29) is 0 Å². The van der Waals surface area contributed by atoms with Crippen molar-refractivity contribution in [1.29, 1.82) is 0 Å². The SMILES string of the molecule is NNC(=O)c1cnc2[nH]nc(N3CC[C@H](F)C3)c2c1. The number of hydrazine groups is 1. The number of anilines is 1. The summed E-state index contributed by atoms with van der Waals surface area (Å²) in [6.45, 7) is 0.918. The molecule has 1 atom stereocenters. The van der Waals surface area contributed by atoms with Crippen molar-refractivity contribution in [3.05, 3.63) is 17.8 Å². The van der Waals surface area contributed by atoms with Gasteiger partial charge in [-0.15, -0.1) is 0 Å². The Labute approximate surface area is 107 Å². The summed E-state index contributed by atoms with van der Waals surface area (Å²) < 4.78 is 13.3. The fourth-order valence-corrected chi connectivity index (χ4v) is 2.25. The number of aromatic nitrogens is 3. The van der Waals surface area contributed by atoms with Crippen molar-refractivity contribution in [1.82, 2.24) is 20.6 Å². The molecule has 19 heavy (non-hydrogen) atoms. The van der Waals surface area contributed by atoms with Crippen LogP contribution < -0.4 is 16.2 Å². The van der Waals surface area contributed by atoms with Gasteiger partial charge < -0.3 is 4.90 Å². The Morgan fingerprint density at radius 2 is 2.47 bits per heavy atom. The molecule has 0 saturated carbocycles. The summed E-state index contributed by atoms with van der Waals surface area (Å²) in [5.74, 6) is 5.29. The molecule has 1 aliphatic heterocycles. The van der Waals surface area contributed by atoms with Gasteiger partial charge in [0.05, 0.1) is 17.5 Å². The number of fused-ring (bicyclic) bond motifs is 1. The summed E-state index contributed by atoms with van der Waals surface area (Å²) in [6.07, 6.45) is 1.06. The van der Waals surface area contributed by atoms with Gasteiger partial charge in [0.15, 0.2) is 11.5 Å². The molecule has 2 aromatic rings. The summed E-state index contributed by atoms with van der Waals surface area (Å²) in [7, 11) is 0. The highest BCUT2D eigenvalue weighted by Crippen LogP contribution is 2.27. The van der Waals surface area contributed by atoms with E-state index in [9.17, 15) is 9.18 Å². The lowest BCUT2D eigenvalue weighted by Gasteiger charge is -2.14. The van der Waals surface area contributed by atoms with E-state index in [4.69, 9.17) is 5.84 Å². The minimum atomic E-state index is -0.838. The van der Waals surface area contributed by atoms with Crippen molar-refractivity contribution < 1.29 is 9.18 Å². The zero-order valence-electron chi connectivity index (χ0n) is 10.1. The van der Waals surface area contributed by atoms with Crippen LogP contribution in [0, 0.1) is 0 Å². The van der Waals surface area contributed by atoms with Crippen molar-refractivity contribution in [2.75, 3.05) is 18.0 Å². The fraction of sp³-hybridized carbons (Fsp3) is 0.364. The lowest BCUT2D eigenvalue weighted by atomic mass is 10.2. The number of nitrogens with one attached hydrogen (secondary N) is 2. The van der Waals surface area contributed by atoms with Crippen LogP contribution in [-0.2, 0) is 0 Å². The molecule has 4 N–H and O–H groups in total. The van der Waals surface area contributed by atoms with Crippen LogP contribution in [0.1, 0.15) is 16.8 Å². The predicted molar refractivity (Wildman–Crippen MR) is 67.3 cm³/mol. The number of nitrogen functional groups attached to an aromatic ring is 1. The Kier molecular flexibility index (Phi) is 2.79. The first-order valence-electron chi connectivity index (χ1n) is 5.93. The second-order valence-corrected chi connectivity index (χ2v) is 4.47. The van der Waals surface area contributed by atoms with Gasteiger partial charge >= 0.3 is 0 Å². The minimum absolute atomic E-state index is 0.313. The normalized spacial score (nSPS) is 19.1. The highest BCUT2D eigenvalue weighted by atomic mass is 19.1. The van der Waals surface area contributed by atoms with E-state index in [1.807, 2.05) is 4.90 Å². The molecule has 8 heteroatoms. The molecule has 7 nitrogen and oxygen atoms in total. The number of pyridine rings is 1. The first kappa shape index (κ1) is 11.8. The topological polar surface area (TPSA) is 99.9 Å². The Bertz CT molecular complexity index is 627. The number of hydrogen-bond donors (Lipinski definition) is 3. The molecule has 3 heterocycles. The van der Waals surface area contributed by atoms with Crippen LogP contribution >= 0.6 is 0 Å². The Morgan fingerprint density at radius 1 is 1.63 bits per heavy atom. The lowest BCUT2D eigenvalue weighted by molar-refractivity contribution is 0.0953. The number of halogens is 1. The van der Waals surface area contributed by atoms with E-state index in [0.717, 1.165) is 0 Å². The van der Waals surface area contributed by atoms with Gasteiger partial charge in [-0.25, -0.2) is 15.2 Å². The minimum Gasteiger partial charge on any atom is -0.352 e. The maximum Gasteiger partial charge on any atom is 0.266 e. The highest BCUT2D eigenvalue weighted by molar-refractivity contribution is 5.98. The Balaban J connectivity index is 2.03. The van der Waals surface area contributed by atoms with Crippen molar-refractivity contribution in [2.45, 2.75) is 12.6 Å². The van der Waals surface area contributed by atoms with Gasteiger partial charge in [-0.05, 0) is 12.5 Å². The van der Waals surface area contributed by atoms with Gasteiger partial charge in [0, 0.05) is 12.7 Å². The summed E-state index contributed by atoms with van der Waals surface area (Å²) in [5.41, 5.74) is 2.95. The summed E-state index contributed by atoms with van der Waals surface area (Å²) >= 11 is 0. The van der Waals surface area contributed by atoms with Crippen LogP contribution in [0.25, 0.3) is 11.0 Å². The fourth-order valence-electron chi connectivity index (χ4n) is 2.25. The molecule has 0 unspecified atom stereocenters. The van der Waals surface area contributed by atoms with E-state index >= 15 is 0 Å². The van der Waals surface area contributed by atoms with E-state index in [0.29, 0.717) is 41.9 Å². The molecule has 1 amide bonds. The van der Waals surface area contributed by atoms with E-state index in [1.54, 1.807) is 6.07 Å². The van der Waals surface area contributed by atoms with Crippen LogP contribution in [0.15, 0.2) is 12.3 Å². The molecular formula is C11H13FN6O.